The van der Waals surface area contributed by atoms with Crippen LogP contribution in [0.5, 0.6) is 0 Å². The van der Waals surface area contributed by atoms with Gasteiger partial charge in [-0.3, -0.25) is 9.89 Å². The highest BCUT2D eigenvalue weighted by Gasteiger charge is 2.29. The average Bonchev–Trinajstić information content (AvgIpc) is 3.40. The van der Waals surface area contributed by atoms with E-state index >= 15 is 0 Å². The lowest BCUT2D eigenvalue weighted by molar-refractivity contribution is -0.132. The summed E-state index contributed by atoms with van der Waals surface area (Å²) in [6.45, 7) is -0.464. The molecule has 0 saturated heterocycles. The van der Waals surface area contributed by atoms with Crippen LogP contribution in [0.2, 0.25) is 0 Å². The summed E-state index contributed by atoms with van der Waals surface area (Å²) in [6.07, 6.45) is -1.26. The number of halogens is 3. The Labute approximate surface area is 192 Å². The molecule has 0 spiro atoms. The monoisotopic (exact) mass is 469 g/mol. The maximum atomic E-state index is 12.3. The molecule has 0 radical (unpaired) electrons. The van der Waals surface area contributed by atoms with E-state index in [1.54, 1.807) is 36.0 Å². The second-order valence-electron chi connectivity index (χ2n) is 8.34. The van der Waals surface area contributed by atoms with Crippen LogP contribution < -0.4 is 10.6 Å². The van der Waals surface area contributed by atoms with Crippen molar-refractivity contribution in [1.29, 1.82) is 0 Å². The summed E-state index contributed by atoms with van der Waals surface area (Å²) >= 11 is 0. The zero-order valence-corrected chi connectivity index (χ0v) is 18.3. The Hall–Kier alpha value is -3.89. The molecule has 4 aromatic rings. The Morgan fingerprint density at radius 2 is 1.94 bits per heavy atom. The first-order valence-corrected chi connectivity index (χ1v) is 10.9. The topological polar surface area (TPSA) is 101 Å². The zero-order valence-electron chi connectivity index (χ0n) is 18.3. The van der Waals surface area contributed by atoms with Crippen molar-refractivity contribution in [3.05, 3.63) is 53.7 Å². The lowest BCUT2D eigenvalue weighted by Crippen LogP contribution is -2.27. The summed E-state index contributed by atoms with van der Waals surface area (Å²) in [6, 6.07) is 10.4. The van der Waals surface area contributed by atoms with Gasteiger partial charge < -0.3 is 10.6 Å². The van der Waals surface area contributed by atoms with Crippen LogP contribution in [0.4, 0.5) is 24.8 Å². The third-order valence-electron chi connectivity index (χ3n) is 5.76. The number of aryl methyl sites for hydroxylation is 1. The molecule has 2 aromatic carbocycles. The Kier molecular flexibility index (Phi) is 5.46. The Bertz CT molecular complexity index is 1340. The Morgan fingerprint density at radius 3 is 2.65 bits per heavy atom. The number of carbonyl (C=O) groups excluding carboxylic acids is 1. The number of hydrogen-bond donors (Lipinski definition) is 3. The number of nitrogens with zero attached hydrogens (tertiary/aromatic N) is 4. The first-order chi connectivity index (χ1) is 16.3. The van der Waals surface area contributed by atoms with Crippen molar-refractivity contribution in [1.82, 2.24) is 30.3 Å². The van der Waals surface area contributed by atoms with Crippen molar-refractivity contribution in [2.75, 3.05) is 11.9 Å². The molecule has 1 amide bonds. The molecule has 1 aliphatic rings. The maximum Gasteiger partial charge on any atom is 0.390 e. The summed E-state index contributed by atoms with van der Waals surface area (Å²) < 4.78 is 38.4. The predicted octanol–water partition coefficient (Wildman–Crippen LogP) is 4.66. The number of H-pyrrole nitrogens is 1. The SMILES string of the molecule is Cn1nc(-c2ccc(C(=O)NCCC(F)(F)F)cc2)nc1Nc1ccc2[nH]ncc2c1C1CC1. The van der Waals surface area contributed by atoms with Gasteiger partial charge >= 0.3 is 6.18 Å². The molecule has 1 aliphatic carbocycles. The van der Waals surface area contributed by atoms with E-state index in [9.17, 15) is 18.0 Å². The fraction of sp³-hybridized carbons (Fsp3) is 0.304. The van der Waals surface area contributed by atoms with Gasteiger partial charge in [0.2, 0.25) is 5.95 Å². The third-order valence-corrected chi connectivity index (χ3v) is 5.76. The van der Waals surface area contributed by atoms with E-state index in [0.29, 0.717) is 23.3 Å². The number of aromatic amines is 1. The highest BCUT2D eigenvalue weighted by molar-refractivity contribution is 5.94. The number of fused-ring (bicyclic) bond motifs is 1. The van der Waals surface area contributed by atoms with Crippen molar-refractivity contribution in [3.8, 4) is 11.4 Å². The lowest BCUT2D eigenvalue weighted by Gasteiger charge is -2.11. The molecule has 176 valence electrons. The van der Waals surface area contributed by atoms with Crippen molar-refractivity contribution in [3.63, 3.8) is 0 Å². The number of hydrogen-bond acceptors (Lipinski definition) is 5. The van der Waals surface area contributed by atoms with Crippen molar-refractivity contribution < 1.29 is 18.0 Å². The molecule has 0 aliphatic heterocycles. The quantitative estimate of drug-likeness (QED) is 0.366. The van der Waals surface area contributed by atoms with Gasteiger partial charge in [-0.25, -0.2) is 4.68 Å². The fourth-order valence-corrected chi connectivity index (χ4v) is 3.89. The summed E-state index contributed by atoms with van der Waals surface area (Å²) in [4.78, 5) is 16.7. The molecule has 0 atom stereocenters. The van der Waals surface area contributed by atoms with Gasteiger partial charge in [-0.2, -0.15) is 23.3 Å². The number of carbonyl (C=O) groups is 1. The molecular formula is C23H22F3N7O. The first-order valence-electron chi connectivity index (χ1n) is 10.9. The number of anilines is 2. The van der Waals surface area contributed by atoms with Crippen LogP contribution in [-0.4, -0.2) is 43.6 Å². The minimum atomic E-state index is -4.31. The number of rotatable bonds is 7. The smallest absolute Gasteiger partial charge is 0.352 e. The van der Waals surface area contributed by atoms with Gasteiger partial charge in [0, 0.05) is 35.8 Å². The van der Waals surface area contributed by atoms with E-state index < -0.39 is 25.0 Å². The van der Waals surface area contributed by atoms with Crippen LogP contribution in [0.25, 0.3) is 22.3 Å². The van der Waals surface area contributed by atoms with Crippen LogP contribution in [0.1, 0.15) is 41.1 Å². The third kappa shape index (κ3) is 4.59. The molecular weight excluding hydrogens is 447 g/mol. The largest absolute Gasteiger partial charge is 0.390 e. The van der Waals surface area contributed by atoms with Crippen LogP contribution >= 0.6 is 0 Å². The molecule has 2 heterocycles. The van der Waals surface area contributed by atoms with E-state index in [1.807, 2.05) is 18.3 Å². The molecule has 34 heavy (non-hydrogen) atoms. The second kappa shape index (κ2) is 8.47. The predicted molar refractivity (Wildman–Crippen MR) is 121 cm³/mol. The molecule has 0 unspecified atom stereocenters. The number of amides is 1. The van der Waals surface area contributed by atoms with E-state index in [2.05, 4.69) is 30.9 Å². The van der Waals surface area contributed by atoms with E-state index in [1.165, 1.54) is 5.56 Å². The van der Waals surface area contributed by atoms with E-state index in [-0.39, 0.29) is 5.56 Å². The molecule has 8 nitrogen and oxygen atoms in total. The van der Waals surface area contributed by atoms with Gasteiger partial charge in [0.15, 0.2) is 5.82 Å². The average molecular weight is 469 g/mol. The van der Waals surface area contributed by atoms with E-state index in [4.69, 9.17) is 0 Å². The van der Waals surface area contributed by atoms with Crippen molar-refractivity contribution >= 4 is 28.4 Å². The fourth-order valence-electron chi connectivity index (χ4n) is 3.89. The van der Waals surface area contributed by atoms with Crippen LogP contribution in [0, 0.1) is 0 Å². The zero-order chi connectivity index (χ0) is 23.9. The summed E-state index contributed by atoms with van der Waals surface area (Å²) in [7, 11) is 1.79. The number of nitrogens with one attached hydrogen (secondary N) is 3. The minimum Gasteiger partial charge on any atom is -0.352 e. The molecule has 11 heteroatoms. The molecule has 3 N–H and O–H groups in total. The first kappa shape index (κ1) is 21.9. The van der Waals surface area contributed by atoms with Crippen molar-refractivity contribution in [2.45, 2.75) is 31.4 Å². The van der Waals surface area contributed by atoms with Gasteiger partial charge in [-0.15, -0.1) is 5.10 Å². The van der Waals surface area contributed by atoms with Gasteiger partial charge in [-0.1, -0.05) is 12.1 Å². The molecule has 5 rings (SSSR count). The number of alkyl halides is 3. The minimum absolute atomic E-state index is 0.266. The van der Waals surface area contributed by atoms with Crippen LogP contribution in [0.3, 0.4) is 0 Å². The summed E-state index contributed by atoms with van der Waals surface area (Å²) in [5.74, 6) is 0.959. The normalized spacial score (nSPS) is 13.9. The van der Waals surface area contributed by atoms with Crippen LogP contribution in [0.15, 0.2) is 42.6 Å². The highest BCUT2D eigenvalue weighted by Crippen LogP contribution is 2.47. The molecule has 0 bridgehead atoms. The Balaban J connectivity index is 1.32. The maximum absolute atomic E-state index is 12.3. The van der Waals surface area contributed by atoms with Crippen LogP contribution in [-0.2, 0) is 7.05 Å². The molecule has 1 saturated carbocycles. The second-order valence-corrected chi connectivity index (χ2v) is 8.34. The summed E-state index contributed by atoms with van der Waals surface area (Å²) in [5, 5.41) is 18.4. The molecule has 2 aromatic heterocycles. The summed E-state index contributed by atoms with van der Waals surface area (Å²) in [5.41, 5.74) is 4.13. The Morgan fingerprint density at radius 1 is 1.18 bits per heavy atom. The van der Waals surface area contributed by atoms with Gasteiger partial charge in [0.1, 0.15) is 0 Å². The lowest BCUT2D eigenvalue weighted by atomic mass is 10.0. The van der Waals surface area contributed by atoms with Crippen molar-refractivity contribution in [2.24, 2.45) is 7.05 Å². The highest BCUT2D eigenvalue weighted by atomic mass is 19.4. The number of benzene rings is 2. The molecule has 1 fully saturated rings. The van der Waals surface area contributed by atoms with Gasteiger partial charge in [0.05, 0.1) is 18.1 Å². The standard InChI is InChI=1S/C23H22F3N7O/c1-33-22(29-18-9-8-17-16(12-28-31-17)19(18)13-2-3-13)30-20(32-33)14-4-6-15(7-5-14)21(34)27-11-10-23(24,25)26/h4-9,12-13H,2-3,10-11H2,1H3,(H,27,34)(H,28,31)(H,29,30,32). The number of aromatic nitrogens is 5. The van der Waals surface area contributed by atoms with Gasteiger partial charge in [0.25, 0.3) is 5.91 Å². The van der Waals surface area contributed by atoms with E-state index in [0.717, 1.165) is 29.4 Å². The van der Waals surface area contributed by atoms with Gasteiger partial charge in [-0.05, 0) is 48.6 Å².